The van der Waals surface area contributed by atoms with Gasteiger partial charge in [0.1, 0.15) is 5.75 Å². The van der Waals surface area contributed by atoms with Gasteiger partial charge in [0, 0.05) is 32.4 Å². The van der Waals surface area contributed by atoms with E-state index >= 15 is 0 Å². The van der Waals surface area contributed by atoms with Crippen LogP contribution in [0.2, 0.25) is 0 Å². The van der Waals surface area contributed by atoms with Gasteiger partial charge in [-0.25, -0.2) is 4.79 Å². The third kappa shape index (κ3) is 2.78. The van der Waals surface area contributed by atoms with Gasteiger partial charge in [-0.05, 0) is 31.2 Å². The molecule has 0 N–H and O–H groups in total. The van der Waals surface area contributed by atoms with Crippen LogP contribution in [-0.4, -0.2) is 45.6 Å². The second-order valence-corrected chi connectivity index (χ2v) is 6.58. The average molecular weight is 385 g/mol. The van der Waals surface area contributed by atoms with Crippen LogP contribution < -0.4 is 20.9 Å². The Balaban J connectivity index is 1.82. The van der Waals surface area contributed by atoms with E-state index in [1.54, 1.807) is 14.2 Å². The lowest BCUT2D eigenvalue weighted by atomic mass is 10.3. The first kappa shape index (κ1) is 18.3. The van der Waals surface area contributed by atoms with Crippen LogP contribution in [0.25, 0.3) is 11.2 Å². The number of anilines is 2. The van der Waals surface area contributed by atoms with Crippen molar-refractivity contribution in [2.45, 2.75) is 20.0 Å². The smallest absolute Gasteiger partial charge is 0.332 e. The molecule has 1 aromatic carbocycles. The number of methoxy groups -OCH3 is 1. The molecule has 0 fully saturated rings. The Kier molecular flexibility index (Phi) is 4.68. The summed E-state index contributed by atoms with van der Waals surface area (Å²) in [5, 5.41) is 0. The highest BCUT2D eigenvalue weighted by Crippen LogP contribution is 2.32. The summed E-state index contributed by atoms with van der Waals surface area (Å²) in [5.41, 5.74) is 1.09. The fraction of sp³-hybridized carbons (Fsp3) is 0.421. The summed E-state index contributed by atoms with van der Waals surface area (Å²) in [5.74, 6) is 1.44. The molecule has 148 valence electrons. The van der Waals surface area contributed by atoms with Crippen molar-refractivity contribution in [1.82, 2.24) is 18.7 Å². The van der Waals surface area contributed by atoms with E-state index in [2.05, 4.69) is 4.98 Å². The Hall–Kier alpha value is -3.07. The molecule has 2 aromatic heterocycles. The van der Waals surface area contributed by atoms with Crippen LogP contribution in [0.3, 0.4) is 0 Å². The maximum absolute atomic E-state index is 13.0. The zero-order valence-electron chi connectivity index (χ0n) is 16.2. The first-order valence-electron chi connectivity index (χ1n) is 9.26. The van der Waals surface area contributed by atoms with Gasteiger partial charge in [-0.3, -0.25) is 13.9 Å². The van der Waals surface area contributed by atoms with Crippen molar-refractivity contribution in [3.05, 3.63) is 45.1 Å². The molecule has 0 radical (unpaired) electrons. The molecule has 3 aromatic rings. The van der Waals surface area contributed by atoms with E-state index in [1.807, 2.05) is 40.7 Å². The molecule has 0 aliphatic carbocycles. The van der Waals surface area contributed by atoms with Crippen molar-refractivity contribution < 1.29 is 9.47 Å². The van der Waals surface area contributed by atoms with Gasteiger partial charge in [-0.1, -0.05) is 0 Å². The number of hydrogen-bond acceptors (Lipinski definition) is 6. The molecule has 4 rings (SSSR count). The van der Waals surface area contributed by atoms with Gasteiger partial charge in [-0.2, -0.15) is 4.98 Å². The number of imidazole rings is 1. The molecule has 1 aliphatic rings. The third-order valence-electron chi connectivity index (χ3n) is 5.05. The fourth-order valence-corrected chi connectivity index (χ4v) is 3.58. The zero-order valence-corrected chi connectivity index (χ0v) is 16.2. The maximum Gasteiger partial charge on any atom is 0.332 e. The molecule has 9 heteroatoms. The number of ether oxygens (including phenoxy) is 2. The Morgan fingerprint density at radius 1 is 1.14 bits per heavy atom. The highest BCUT2D eigenvalue weighted by atomic mass is 16.5. The molecule has 28 heavy (non-hydrogen) atoms. The number of aryl methyl sites for hydroxylation is 1. The minimum Gasteiger partial charge on any atom is -0.497 e. The summed E-state index contributed by atoms with van der Waals surface area (Å²) >= 11 is 0. The Morgan fingerprint density at radius 3 is 2.57 bits per heavy atom. The highest BCUT2D eigenvalue weighted by molar-refractivity contribution is 5.77. The van der Waals surface area contributed by atoms with E-state index in [1.165, 1.54) is 9.13 Å². The predicted molar refractivity (Wildman–Crippen MR) is 106 cm³/mol. The summed E-state index contributed by atoms with van der Waals surface area (Å²) in [4.78, 5) is 32.3. The number of aromatic nitrogens is 4. The second-order valence-electron chi connectivity index (χ2n) is 6.58. The summed E-state index contributed by atoms with van der Waals surface area (Å²) in [7, 11) is 3.27. The van der Waals surface area contributed by atoms with E-state index in [4.69, 9.17) is 9.47 Å². The van der Waals surface area contributed by atoms with Gasteiger partial charge < -0.3 is 18.9 Å². The second kappa shape index (κ2) is 7.16. The lowest BCUT2D eigenvalue weighted by molar-refractivity contribution is 0.137. The first-order chi connectivity index (χ1) is 13.6. The van der Waals surface area contributed by atoms with Gasteiger partial charge in [0.15, 0.2) is 11.2 Å². The molecule has 1 aliphatic heterocycles. The molecule has 0 saturated heterocycles. The minimum atomic E-state index is -0.384. The van der Waals surface area contributed by atoms with Crippen LogP contribution in [0.15, 0.2) is 33.9 Å². The number of benzene rings is 1. The topological polar surface area (TPSA) is 83.5 Å². The molecule has 0 saturated carbocycles. The predicted octanol–water partition coefficient (Wildman–Crippen LogP) is 1.09. The molecule has 0 bridgehead atoms. The van der Waals surface area contributed by atoms with Gasteiger partial charge in [0.2, 0.25) is 5.95 Å². The van der Waals surface area contributed by atoms with E-state index < -0.39 is 0 Å². The average Bonchev–Trinajstić information content (AvgIpc) is 3.28. The van der Waals surface area contributed by atoms with Crippen molar-refractivity contribution in [2.75, 3.05) is 31.8 Å². The molecule has 0 atom stereocenters. The van der Waals surface area contributed by atoms with E-state index in [9.17, 15) is 9.59 Å². The van der Waals surface area contributed by atoms with Crippen molar-refractivity contribution >= 4 is 22.8 Å². The van der Waals surface area contributed by atoms with Gasteiger partial charge in [0.25, 0.3) is 5.56 Å². The third-order valence-corrected chi connectivity index (χ3v) is 5.05. The minimum absolute atomic E-state index is 0.220. The summed E-state index contributed by atoms with van der Waals surface area (Å²) in [6.45, 7) is 4.27. The largest absolute Gasteiger partial charge is 0.497 e. The molecular weight excluding hydrogens is 362 g/mol. The molecule has 0 unspecified atom stereocenters. The van der Waals surface area contributed by atoms with E-state index in [0.29, 0.717) is 43.4 Å². The van der Waals surface area contributed by atoms with Crippen LogP contribution >= 0.6 is 0 Å². The van der Waals surface area contributed by atoms with E-state index in [0.717, 1.165) is 11.4 Å². The Morgan fingerprint density at radius 2 is 1.89 bits per heavy atom. The molecule has 3 heterocycles. The lowest BCUT2D eigenvalue weighted by Gasteiger charge is -2.16. The fourth-order valence-electron chi connectivity index (χ4n) is 3.58. The monoisotopic (exact) mass is 385 g/mol. The summed E-state index contributed by atoms with van der Waals surface area (Å²) < 4.78 is 15.1. The highest BCUT2D eigenvalue weighted by Gasteiger charge is 2.28. The van der Waals surface area contributed by atoms with Gasteiger partial charge in [0.05, 0.1) is 20.3 Å². The molecule has 0 spiro atoms. The number of nitrogens with zero attached hydrogens (tertiary/aromatic N) is 5. The van der Waals surface area contributed by atoms with Crippen LogP contribution in [0.4, 0.5) is 11.6 Å². The molecular formula is C19H23N5O4. The van der Waals surface area contributed by atoms with Crippen LogP contribution in [0.5, 0.6) is 5.75 Å². The lowest BCUT2D eigenvalue weighted by Crippen LogP contribution is -2.40. The molecule has 0 amide bonds. The van der Waals surface area contributed by atoms with Gasteiger partial charge >= 0.3 is 5.69 Å². The number of rotatable bonds is 6. The summed E-state index contributed by atoms with van der Waals surface area (Å²) in [6.07, 6.45) is 0. The van der Waals surface area contributed by atoms with Crippen molar-refractivity contribution in [3.8, 4) is 5.75 Å². The van der Waals surface area contributed by atoms with Crippen LogP contribution in [0, 0.1) is 0 Å². The maximum atomic E-state index is 13.0. The summed E-state index contributed by atoms with van der Waals surface area (Å²) in [6, 6.07) is 7.68. The number of hydrogen-bond donors (Lipinski definition) is 0. The standard InChI is InChI=1S/C19H23N5O4/c1-4-28-12-11-24-17(25)15-16(21(2)19(24)26)20-18-22(9-10-23(15)18)13-5-7-14(27-3)8-6-13/h5-8H,4,9-12H2,1-3H3. The number of fused-ring (bicyclic) bond motifs is 3. The van der Waals surface area contributed by atoms with Crippen molar-refractivity contribution in [2.24, 2.45) is 7.05 Å². The van der Waals surface area contributed by atoms with Gasteiger partial charge in [-0.15, -0.1) is 0 Å². The van der Waals surface area contributed by atoms with Crippen molar-refractivity contribution in [3.63, 3.8) is 0 Å². The normalized spacial score (nSPS) is 13.3. The van der Waals surface area contributed by atoms with Crippen molar-refractivity contribution in [1.29, 1.82) is 0 Å². The van der Waals surface area contributed by atoms with Crippen LogP contribution in [0.1, 0.15) is 6.92 Å². The Labute approximate surface area is 161 Å². The first-order valence-corrected chi connectivity index (χ1v) is 9.26. The van der Waals surface area contributed by atoms with Crippen LogP contribution in [-0.2, 0) is 24.9 Å². The quantitative estimate of drug-likeness (QED) is 0.591. The molecule has 9 nitrogen and oxygen atoms in total. The Bertz CT molecular complexity index is 1130. The van der Waals surface area contributed by atoms with E-state index in [-0.39, 0.29) is 17.8 Å². The zero-order chi connectivity index (χ0) is 19.8. The SMILES string of the molecule is CCOCCn1c(=O)c2c(nc3n2CCN3c2ccc(OC)cc2)n(C)c1=O.